The van der Waals surface area contributed by atoms with E-state index in [1.807, 2.05) is 4.90 Å². The predicted molar refractivity (Wildman–Crippen MR) is 101 cm³/mol. The average Bonchev–Trinajstić information content (AvgIpc) is 3.03. The van der Waals surface area contributed by atoms with Crippen molar-refractivity contribution in [2.24, 2.45) is 5.73 Å². The first-order valence-electron chi connectivity index (χ1n) is 8.87. The molecular weight excluding hydrogens is 354 g/mol. The van der Waals surface area contributed by atoms with Gasteiger partial charge in [0.2, 0.25) is 5.91 Å². The molecule has 2 atom stereocenters. The van der Waals surface area contributed by atoms with Crippen LogP contribution in [0.3, 0.4) is 0 Å². The van der Waals surface area contributed by atoms with Crippen molar-refractivity contribution in [3.63, 3.8) is 0 Å². The molecule has 2 aliphatic heterocycles. The minimum absolute atomic E-state index is 0.00259. The van der Waals surface area contributed by atoms with Crippen molar-refractivity contribution >= 4 is 34.2 Å². The number of hydrogen-bond donors (Lipinski definition) is 1. The molecule has 3 heterocycles. The van der Waals surface area contributed by atoms with Gasteiger partial charge in [-0.15, -0.1) is 0 Å². The Kier molecular flexibility index (Phi) is 4.58. The minimum Gasteiger partial charge on any atom is -0.494 e. The maximum absolute atomic E-state index is 12.3. The van der Waals surface area contributed by atoms with Crippen LogP contribution in [-0.4, -0.2) is 59.6 Å². The number of carbonyl (C=O) groups excluding carboxylic acids is 1. The number of halogens is 1. The van der Waals surface area contributed by atoms with E-state index in [-0.39, 0.29) is 18.0 Å². The first-order chi connectivity index (χ1) is 12.6. The number of hydrogen-bond acceptors (Lipinski definition) is 6. The molecule has 2 aliphatic rings. The number of anilines is 1. The number of methoxy groups -OCH3 is 1. The number of nitrogens with zero attached hydrogens (tertiary/aromatic N) is 4. The smallest absolute Gasteiger partial charge is 0.222 e. The van der Waals surface area contributed by atoms with Crippen LogP contribution in [0.5, 0.6) is 5.75 Å². The third kappa shape index (κ3) is 2.85. The molecule has 2 fully saturated rings. The molecule has 26 heavy (non-hydrogen) atoms. The largest absolute Gasteiger partial charge is 0.494 e. The highest BCUT2D eigenvalue weighted by Gasteiger charge is 2.38. The van der Waals surface area contributed by atoms with Gasteiger partial charge in [0.1, 0.15) is 23.4 Å². The van der Waals surface area contributed by atoms with Gasteiger partial charge in [0, 0.05) is 32.1 Å². The lowest BCUT2D eigenvalue weighted by Gasteiger charge is -2.34. The fourth-order valence-corrected chi connectivity index (χ4v) is 4.23. The number of likely N-dealkylation sites (tertiary alicyclic amines) is 1. The van der Waals surface area contributed by atoms with Crippen LogP contribution in [0.25, 0.3) is 10.9 Å². The molecule has 0 bridgehead atoms. The Balaban J connectivity index is 1.69. The van der Waals surface area contributed by atoms with Gasteiger partial charge in [-0.1, -0.05) is 11.6 Å². The third-order valence-corrected chi connectivity index (χ3v) is 5.61. The second-order valence-corrected chi connectivity index (χ2v) is 7.26. The van der Waals surface area contributed by atoms with Crippen LogP contribution in [0, 0.1) is 0 Å². The van der Waals surface area contributed by atoms with Crippen LogP contribution in [0.4, 0.5) is 5.82 Å². The van der Waals surface area contributed by atoms with Gasteiger partial charge >= 0.3 is 0 Å². The lowest BCUT2D eigenvalue weighted by Crippen LogP contribution is -2.51. The number of carbonyl (C=O) groups is 1. The van der Waals surface area contributed by atoms with Gasteiger partial charge in [-0.2, -0.15) is 0 Å². The molecule has 0 spiro atoms. The molecule has 8 heteroatoms. The van der Waals surface area contributed by atoms with Crippen LogP contribution in [0.2, 0.25) is 5.02 Å². The van der Waals surface area contributed by atoms with E-state index in [2.05, 4.69) is 14.9 Å². The molecule has 0 unspecified atom stereocenters. The molecular formula is C18H22ClN5O2. The summed E-state index contributed by atoms with van der Waals surface area (Å²) in [5.74, 6) is 1.59. The third-order valence-electron chi connectivity index (χ3n) is 5.29. The first-order valence-corrected chi connectivity index (χ1v) is 9.25. The van der Waals surface area contributed by atoms with Crippen molar-refractivity contribution in [3.05, 3.63) is 23.5 Å². The van der Waals surface area contributed by atoms with Crippen molar-refractivity contribution in [1.82, 2.24) is 14.9 Å². The summed E-state index contributed by atoms with van der Waals surface area (Å²) in [6, 6.07) is 3.47. The zero-order valence-corrected chi connectivity index (χ0v) is 15.4. The van der Waals surface area contributed by atoms with E-state index in [1.54, 1.807) is 19.2 Å². The fraction of sp³-hybridized carbons (Fsp3) is 0.500. The van der Waals surface area contributed by atoms with E-state index in [4.69, 9.17) is 22.1 Å². The number of amides is 1. The van der Waals surface area contributed by atoms with E-state index < -0.39 is 0 Å². The lowest BCUT2D eigenvalue weighted by molar-refractivity contribution is -0.135. The van der Waals surface area contributed by atoms with E-state index in [0.29, 0.717) is 35.8 Å². The standard InChI is InChI=1S/C18H22ClN5O2/c1-26-14-6-5-11(19)16-17(14)21-10-22-18(16)23-8-12(20)13(9-23)24-7-3-2-4-15(24)25/h5-6,10,12-13H,2-4,7-9,20H2,1H3/t12-,13-/m0/s1. The summed E-state index contributed by atoms with van der Waals surface area (Å²) in [5.41, 5.74) is 7.08. The van der Waals surface area contributed by atoms with Crippen molar-refractivity contribution in [2.75, 3.05) is 31.6 Å². The molecule has 2 saturated heterocycles. The molecule has 138 valence electrons. The SMILES string of the molecule is COc1ccc(Cl)c2c(N3C[C@H](N)[C@@H](N4CCCCC4=O)C3)ncnc12. The highest BCUT2D eigenvalue weighted by Crippen LogP contribution is 2.36. The second-order valence-electron chi connectivity index (χ2n) is 6.85. The Morgan fingerprint density at radius 1 is 1.27 bits per heavy atom. The zero-order chi connectivity index (χ0) is 18.3. The molecule has 2 N–H and O–H groups in total. The molecule has 0 radical (unpaired) electrons. The Labute approximate surface area is 157 Å². The van der Waals surface area contributed by atoms with E-state index in [0.717, 1.165) is 30.6 Å². The summed E-state index contributed by atoms with van der Waals surface area (Å²) >= 11 is 6.46. The van der Waals surface area contributed by atoms with Crippen molar-refractivity contribution in [2.45, 2.75) is 31.3 Å². The molecule has 7 nitrogen and oxygen atoms in total. The lowest BCUT2D eigenvalue weighted by atomic mass is 10.1. The highest BCUT2D eigenvalue weighted by molar-refractivity contribution is 6.36. The molecule has 0 saturated carbocycles. The number of piperidine rings is 1. The minimum atomic E-state index is -0.119. The molecule has 2 aromatic rings. The average molecular weight is 376 g/mol. The number of fused-ring (bicyclic) bond motifs is 1. The predicted octanol–water partition coefficient (Wildman–Crippen LogP) is 1.82. The van der Waals surface area contributed by atoms with Crippen LogP contribution in [0.1, 0.15) is 19.3 Å². The normalized spacial score (nSPS) is 23.7. The van der Waals surface area contributed by atoms with E-state index in [9.17, 15) is 4.79 Å². The summed E-state index contributed by atoms with van der Waals surface area (Å²) in [7, 11) is 1.61. The van der Waals surface area contributed by atoms with Crippen molar-refractivity contribution < 1.29 is 9.53 Å². The summed E-state index contributed by atoms with van der Waals surface area (Å²) in [6.07, 6.45) is 4.13. The summed E-state index contributed by atoms with van der Waals surface area (Å²) in [4.78, 5) is 25.2. The van der Waals surface area contributed by atoms with Crippen LogP contribution >= 0.6 is 11.6 Å². The highest BCUT2D eigenvalue weighted by atomic mass is 35.5. The molecule has 1 amide bonds. The van der Waals surface area contributed by atoms with Crippen LogP contribution in [-0.2, 0) is 4.79 Å². The van der Waals surface area contributed by atoms with Crippen LogP contribution < -0.4 is 15.4 Å². The Morgan fingerprint density at radius 2 is 2.12 bits per heavy atom. The van der Waals surface area contributed by atoms with E-state index in [1.165, 1.54) is 6.33 Å². The first kappa shape index (κ1) is 17.3. The Morgan fingerprint density at radius 3 is 2.88 bits per heavy atom. The summed E-state index contributed by atoms with van der Waals surface area (Å²) < 4.78 is 5.41. The van der Waals surface area contributed by atoms with Crippen molar-refractivity contribution in [1.29, 1.82) is 0 Å². The maximum atomic E-state index is 12.3. The number of ether oxygens (including phenoxy) is 1. The maximum Gasteiger partial charge on any atom is 0.222 e. The van der Waals surface area contributed by atoms with Crippen LogP contribution in [0.15, 0.2) is 18.5 Å². The number of nitrogens with two attached hydrogens (primary N) is 1. The molecule has 1 aromatic heterocycles. The number of rotatable bonds is 3. The van der Waals surface area contributed by atoms with Crippen molar-refractivity contribution in [3.8, 4) is 5.75 Å². The Bertz CT molecular complexity index is 846. The molecule has 1 aromatic carbocycles. The quantitative estimate of drug-likeness (QED) is 0.880. The zero-order valence-electron chi connectivity index (χ0n) is 14.7. The van der Waals surface area contributed by atoms with Gasteiger partial charge in [0.05, 0.1) is 23.6 Å². The molecule has 0 aliphatic carbocycles. The number of benzene rings is 1. The molecule has 4 rings (SSSR count). The van der Waals surface area contributed by atoms with E-state index >= 15 is 0 Å². The summed E-state index contributed by atoms with van der Waals surface area (Å²) in [5, 5.41) is 1.33. The van der Waals surface area contributed by atoms with Gasteiger partial charge in [0.25, 0.3) is 0 Å². The number of aromatic nitrogens is 2. The van der Waals surface area contributed by atoms with Gasteiger partial charge in [-0.05, 0) is 25.0 Å². The topological polar surface area (TPSA) is 84.6 Å². The van der Waals surface area contributed by atoms with Gasteiger partial charge in [-0.25, -0.2) is 9.97 Å². The van der Waals surface area contributed by atoms with Gasteiger partial charge in [-0.3, -0.25) is 4.79 Å². The summed E-state index contributed by atoms with van der Waals surface area (Å²) in [6.45, 7) is 2.05. The van der Waals surface area contributed by atoms with Gasteiger partial charge in [0.15, 0.2) is 0 Å². The van der Waals surface area contributed by atoms with Gasteiger partial charge < -0.3 is 20.3 Å². The monoisotopic (exact) mass is 375 g/mol. The fourth-order valence-electron chi connectivity index (χ4n) is 3.99. The Hall–Kier alpha value is -2.12. The second kappa shape index (κ2) is 6.89.